The van der Waals surface area contributed by atoms with Gasteiger partial charge in [0, 0.05) is 12.5 Å². The highest BCUT2D eigenvalue weighted by Crippen LogP contribution is 2.50. The molecule has 0 rings (SSSR count). The summed E-state index contributed by atoms with van der Waals surface area (Å²) in [6.45, 7) is 2.48. The van der Waals surface area contributed by atoms with Crippen molar-refractivity contribution in [3.63, 3.8) is 0 Å². The lowest BCUT2D eigenvalue weighted by Gasteiger charge is -2.34. The number of halogens is 10. The van der Waals surface area contributed by atoms with Gasteiger partial charge in [-0.15, -0.1) is 0 Å². The number of rotatable bonds is 10. The molecular weight excluding hydrogens is 422 g/mol. The first-order chi connectivity index (χ1) is 12.3. The first-order valence-electron chi connectivity index (χ1n) is 7.10. The number of hydrogen-bond acceptors (Lipinski definition) is 4. The molecule has 1 atom stereocenters. The van der Waals surface area contributed by atoms with E-state index in [0.717, 1.165) is 6.92 Å². The van der Waals surface area contributed by atoms with E-state index < -0.39 is 61.2 Å². The van der Waals surface area contributed by atoms with Crippen molar-refractivity contribution in [3.8, 4) is 0 Å². The van der Waals surface area contributed by atoms with Gasteiger partial charge in [-0.2, -0.15) is 35.1 Å². The zero-order valence-corrected chi connectivity index (χ0v) is 14.2. The van der Waals surface area contributed by atoms with Crippen LogP contribution in [0.15, 0.2) is 12.2 Å². The molecule has 0 aliphatic rings. The van der Waals surface area contributed by atoms with Gasteiger partial charge < -0.3 is 9.47 Å². The van der Waals surface area contributed by atoms with Crippen LogP contribution in [-0.4, -0.2) is 54.8 Å². The molecule has 164 valence electrons. The molecule has 0 aliphatic carbocycles. The maximum absolute atomic E-state index is 13.6. The minimum absolute atomic E-state index is 0.0655. The van der Waals surface area contributed by atoms with Crippen LogP contribution in [0.1, 0.15) is 20.3 Å². The second kappa shape index (κ2) is 8.55. The molecular formula is C14H14F10O4. The van der Waals surface area contributed by atoms with Crippen molar-refractivity contribution in [2.75, 3.05) is 6.61 Å². The highest BCUT2D eigenvalue weighted by molar-refractivity contribution is 5.86. The van der Waals surface area contributed by atoms with Gasteiger partial charge >= 0.3 is 42.1 Å². The highest BCUT2D eigenvalue weighted by atomic mass is 19.4. The summed E-state index contributed by atoms with van der Waals surface area (Å²) in [4.78, 5) is 22.2. The summed E-state index contributed by atoms with van der Waals surface area (Å²) in [5, 5.41) is 0. The standard InChI is InChI=1S/C14H14F10O4/c1-6(2)8(25)27-5-7(28-10(26)11(3,17)18)4-12(19,20)14(23,24)13(21,22)9(15)16/h7,9H,1,4-5H2,2-3H3. The predicted octanol–water partition coefficient (Wildman–Crippen LogP) is 4.23. The number of carbonyl (C=O) groups is 2. The molecule has 4 nitrogen and oxygen atoms in total. The fourth-order valence-electron chi connectivity index (χ4n) is 1.48. The fourth-order valence-corrected chi connectivity index (χ4v) is 1.48. The van der Waals surface area contributed by atoms with E-state index in [1.54, 1.807) is 0 Å². The maximum atomic E-state index is 13.6. The van der Waals surface area contributed by atoms with E-state index in [4.69, 9.17) is 0 Å². The Balaban J connectivity index is 5.67. The van der Waals surface area contributed by atoms with Crippen LogP contribution in [0, 0.1) is 0 Å². The van der Waals surface area contributed by atoms with Crippen molar-refractivity contribution in [2.45, 2.75) is 56.5 Å². The van der Waals surface area contributed by atoms with Crippen molar-refractivity contribution in [1.82, 2.24) is 0 Å². The molecule has 0 amide bonds. The molecule has 0 N–H and O–H groups in total. The first-order valence-corrected chi connectivity index (χ1v) is 7.10. The molecule has 0 saturated carbocycles. The number of esters is 2. The van der Waals surface area contributed by atoms with Gasteiger partial charge in [-0.1, -0.05) is 6.58 Å². The van der Waals surface area contributed by atoms with Crippen LogP contribution < -0.4 is 0 Å². The maximum Gasteiger partial charge on any atom is 0.377 e. The molecule has 0 heterocycles. The molecule has 0 saturated heterocycles. The van der Waals surface area contributed by atoms with E-state index in [2.05, 4.69) is 16.1 Å². The van der Waals surface area contributed by atoms with E-state index in [1.807, 2.05) is 0 Å². The van der Waals surface area contributed by atoms with Crippen LogP contribution >= 0.6 is 0 Å². The van der Waals surface area contributed by atoms with Gasteiger partial charge in [-0.3, -0.25) is 0 Å². The topological polar surface area (TPSA) is 52.6 Å². The van der Waals surface area contributed by atoms with Crippen molar-refractivity contribution < 1.29 is 63.0 Å². The Morgan fingerprint density at radius 3 is 1.82 bits per heavy atom. The Kier molecular flexibility index (Phi) is 7.94. The summed E-state index contributed by atoms with van der Waals surface area (Å²) in [5.41, 5.74) is -0.368. The largest absolute Gasteiger partial charge is 0.458 e. The van der Waals surface area contributed by atoms with Crippen molar-refractivity contribution in [3.05, 3.63) is 12.2 Å². The number of ether oxygens (including phenoxy) is 2. The summed E-state index contributed by atoms with van der Waals surface area (Å²) >= 11 is 0. The summed E-state index contributed by atoms with van der Waals surface area (Å²) in [6, 6.07) is 0. The van der Waals surface area contributed by atoms with E-state index in [-0.39, 0.29) is 12.5 Å². The summed E-state index contributed by atoms with van der Waals surface area (Å²) in [6.07, 6.45) is -10.6. The van der Waals surface area contributed by atoms with Crippen LogP contribution in [0.2, 0.25) is 0 Å². The van der Waals surface area contributed by atoms with Crippen LogP contribution in [0.4, 0.5) is 43.9 Å². The van der Waals surface area contributed by atoms with Gasteiger partial charge in [0.05, 0.1) is 6.42 Å². The number of alkyl halides is 10. The molecule has 28 heavy (non-hydrogen) atoms. The number of hydrogen-bond donors (Lipinski definition) is 0. The molecule has 14 heteroatoms. The molecule has 0 aromatic rings. The van der Waals surface area contributed by atoms with Crippen LogP contribution in [0.3, 0.4) is 0 Å². The lowest BCUT2D eigenvalue weighted by molar-refractivity contribution is -0.343. The Morgan fingerprint density at radius 1 is 1.00 bits per heavy atom. The zero-order chi connectivity index (χ0) is 22.7. The molecule has 0 bridgehead atoms. The van der Waals surface area contributed by atoms with Crippen molar-refractivity contribution in [2.24, 2.45) is 0 Å². The van der Waals surface area contributed by atoms with Crippen LogP contribution in [-0.2, 0) is 19.1 Å². The molecule has 0 aliphatic heterocycles. The average Bonchev–Trinajstić information content (AvgIpc) is 2.50. The second-order valence-corrected chi connectivity index (χ2v) is 5.70. The molecule has 0 fully saturated rings. The molecule has 0 aromatic carbocycles. The van der Waals surface area contributed by atoms with Gasteiger partial charge in [0.15, 0.2) is 0 Å². The predicted molar refractivity (Wildman–Crippen MR) is 71.7 cm³/mol. The average molecular weight is 436 g/mol. The quantitative estimate of drug-likeness (QED) is 0.292. The molecule has 1 unspecified atom stereocenters. The summed E-state index contributed by atoms with van der Waals surface area (Å²) < 4.78 is 137. The molecule has 0 spiro atoms. The van der Waals surface area contributed by atoms with E-state index in [1.165, 1.54) is 0 Å². The van der Waals surface area contributed by atoms with E-state index >= 15 is 0 Å². The lowest BCUT2D eigenvalue weighted by atomic mass is 9.99. The third-order valence-corrected chi connectivity index (χ3v) is 3.02. The molecule has 0 aromatic heterocycles. The third-order valence-electron chi connectivity index (χ3n) is 3.02. The smallest absolute Gasteiger partial charge is 0.377 e. The van der Waals surface area contributed by atoms with Gasteiger partial charge in [-0.25, -0.2) is 18.4 Å². The van der Waals surface area contributed by atoms with Crippen LogP contribution in [0.5, 0.6) is 0 Å². The van der Waals surface area contributed by atoms with E-state index in [9.17, 15) is 53.5 Å². The van der Waals surface area contributed by atoms with Gasteiger partial charge in [0.25, 0.3) is 0 Å². The summed E-state index contributed by atoms with van der Waals surface area (Å²) in [5.74, 6) is -27.3. The van der Waals surface area contributed by atoms with Gasteiger partial charge in [0.2, 0.25) is 0 Å². The van der Waals surface area contributed by atoms with Crippen LogP contribution in [0.25, 0.3) is 0 Å². The molecule has 0 radical (unpaired) electrons. The second-order valence-electron chi connectivity index (χ2n) is 5.70. The van der Waals surface area contributed by atoms with Crippen molar-refractivity contribution >= 4 is 11.9 Å². The zero-order valence-electron chi connectivity index (χ0n) is 14.2. The summed E-state index contributed by atoms with van der Waals surface area (Å²) in [7, 11) is 0. The minimum Gasteiger partial charge on any atom is -0.458 e. The lowest BCUT2D eigenvalue weighted by Crippen LogP contribution is -2.58. The van der Waals surface area contributed by atoms with Crippen molar-refractivity contribution in [1.29, 1.82) is 0 Å². The number of carbonyl (C=O) groups excluding carboxylic acids is 2. The van der Waals surface area contributed by atoms with Gasteiger partial charge in [0.1, 0.15) is 12.7 Å². The SMILES string of the molecule is C=C(C)C(=O)OCC(CC(F)(F)C(F)(F)C(F)(F)C(F)F)OC(=O)C(C)(F)F. The Bertz CT molecular complexity index is 597. The monoisotopic (exact) mass is 436 g/mol. The normalized spacial score (nSPS) is 14.6. The minimum atomic E-state index is -6.66. The third kappa shape index (κ3) is 5.99. The highest BCUT2D eigenvalue weighted by Gasteiger charge is 2.75. The Morgan fingerprint density at radius 2 is 1.46 bits per heavy atom. The first kappa shape index (κ1) is 26.0. The Labute approximate surface area is 151 Å². The fraction of sp³-hybridized carbons (Fsp3) is 0.714. The Hall–Kier alpha value is -2.02. The van der Waals surface area contributed by atoms with Gasteiger partial charge in [-0.05, 0) is 6.92 Å². The van der Waals surface area contributed by atoms with E-state index in [0.29, 0.717) is 0 Å².